The van der Waals surface area contributed by atoms with Crippen molar-refractivity contribution in [1.29, 1.82) is 0 Å². The van der Waals surface area contributed by atoms with Crippen molar-refractivity contribution < 1.29 is 0 Å². The molecule has 2 aromatic rings. The number of hydrogen-bond donors (Lipinski definition) is 2. The summed E-state index contributed by atoms with van der Waals surface area (Å²) in [6.45, 7) is 0. The molecule has 0 aromatic heterocycles. The van der Waals surface area contributed by atoms with Crippen LogP contribution in [0, 0.1) is 0 Å². The molecule has 0 unspecified atom stereocenters. The standard InChI is InChI=1S/C7H7Cl2N.C6H5Cl2N/c1-10-5-2-3-6(8)7(9)4-5;7-5-2-1-4(9)3-6(5)8/h2-4,10H,1H3;1-3H,9H2. The van der Waals surface area contributed by atoms with Crippen LogP contribution in [-0.4, -0.2) is 7.05 Å². The molecule has 19 heavy (non-hydrogen) atoms. The van der Waals surface area contributed by atoms with Crippen LogP contribution in [0.15, 0.2) is 36.4 Å². The van der Waals surface area contributed by atoms with Gasteiger partial charge in [0.15, 0.2) is 0 Å². The summed E-state index contributed by atoms with van der Waals surface area (Å²) in [6.07, 6.45) is 0. The van der Waals surface area contributed by atoms with Crippen LogP contribution in [0.5, 0.6) is 0 Å². The van der Waals surface area contributed by atoms with Crippen molar-refractivity contribution >= 4 is 57.8 Å². The molecule has 6 heteroatoms. The summed E-state index contributed by atoms with van der Waals surface area (Å²) in [4.78, 5) is 0. The third kappa shape index (κ3) is 5.37. The molecule has 0 aliphatic carbocycles. The Kier molecular flexibility index (Phi) is 6.59. The quantitative estimate of drug-likeness (QED) is 0.663. The highest BCUT2D eigenvalue weighted by molar-refractivity contribution is 6.42. The highest BCUT2D eigenvalue weighted by Crippen LogP contribution is 2.24. The minimum atomic E-state index is 0.497. The number of rotatable bonds is 1. The van der Waals surface area contributed by atoms with E-state index in [2.05, 4.69) is 5.32 Å². The summed E-state index contributed by atoms with van der Waals surface area (Å²) < 4.78 is 0. The van der Waals surface area contributed by atoms with Crippen molar-refractivity contribution in [3.8, 4) is 0 Å². The number of nitrogens with one attached hydrogen (secondary N) is 1. The fourth-order valence-corrected chi connectivity index (χ4v) is 1.77. The SMILES string of the molecule is CNc1ccc(Cl)c(Cl)c1.Nc1ccc(Cl)c(Cl)c1. The van der Waals surface area contributed by atoms with Crippen LogP contribution in [0.1, 0.15) is 0 Å². The summed E-state index contributed by atoms with van der Waals surface area (Å²) >= 11 is 22.6. The molecule has 0 spiro atoms. The van der Waals surface area contributed by atoms with Gasteiger partial charge in [-0.25, -0.2) is 0 Å². The van der Waals surface area contributed by atoms with Gasteiger partial charge in [-0.15, -0.1) is 0 Å². The second-order valence-corrected chi connectivity index (χ2v) is 5.18. The Labute approximate surface area is 132 Å². The van der Waals surface area contributed by atoms with E-state index in [0.717, 1.165) is 5.69 Å². The molecule has 102 valence electrons. The maximum Gasteiger partial charge on any atom is 0.0612 e. The third-order valence-corrected chi connectivity index (χ3v) is 3.63. The van der Waals surface area contributed by atoms with E-state index in [1.807, 2.05) is 13.1 Å². The number of benzene rings is 2. The lowest BCUT2D eigenvalue weighted by atomic mass is 10.3. The predicted molar refractivity (Wildman–Crippen MR) is 86.9 cm³/mol. The fourth-order valence-electron chi connectivity index (χ4n) is 1.16. The monoisotopic (exact) mass is 336 g/mol. The number of nitrogens with two attached hydrogens (primary N) is 1. The molecule has 0 saturated carbocycles. The average molecular weight is 338 g/mol. The third-order valence-electron chi connectivity index (χ3n) is 2.15. The Morgan fingerprint density at radius 2 is 1.32 bits per heavy atom. The molecule has 0 atom stereocenters. The maximum absolute atomic E-state index is 5.72. The van der Waals surface area contributed by atoms with Gasteiger partial charge >= 0.3 is 0 Å². The Balaban J connectivity index is 0.000000191. The first-order chi connectivity index (χ1) is 8.93. The molecule has 0 amide bonds. The van der Waals surface area contributed by atoms with Crippen LogP contribution in [0.3, 0.4) is 0 Å². The second kappa shape index (κ2) is 7.71. The van der Waals surface area contributed by atoms with Gasteiger partial charge in [0, 0.05) is 18.4 Å². The van der Waals surface area contributed by atoms with Gasteiger partial charge < -0.3 is 11.1 Å². The predicted octanol–water partition coefficient (Wildman–Crippen LogP) is 5.61. The minimum absolute atomic E-state index is 0.497. The van der Waals surface area contributed by atoms with E-state index >= 15 is 0 Å². The van der Waals surface area contributed by atoms with Crippen LogP contribution in [0.25, 0.3) is 0 Å². The van der Waals surface area contributed by atoms with Gasteiger partial charge in [0.2, 0.25) is 0 Å². The van der Waals surface area contributed by atoms with E-state index in [1.54, 1.807) is 30.3 Å². The Morgan fingerprint density at radius 1 is 0.789 bits per heavy atom. The molecule has 2 nitrogen and oxygen atoms in total. The van der Waals surface area contributed by atoms with Gasteiger partial charge in [0.25, 0.3) is 0 Å². The van der Waals surface area contributed by atoms with Crippen molar-refractivity contribution in [2.75, 3.05) is 18.1 Å². The first-order valence-corrected chi connectivity index (χ1v) is 6.78. The zero-order chi connectivity index (χ0) is 14.4. The van der Waals surface area contributed by atoms with Gasteiger partial charge in [-0.05, 0) is 36.4 Å². The molecule has 0 aliphatic rings. The highest BCUT2D eigenvalue weighted by atomic mass is 35.5. The molecule has 0 radical (unpaired) electrons. The largest absolute Gasteiger partial charge is 0.399 e. The molecule has 2 aromatic carbocycles. The summed E-state index contributed by atoms with van der Waals surface area (Å²) in [5.41, 5.74) is 6.98. The minimum Gasteiger partial charge on any atom is -0.399 e. The first-order valence-electron chi connectivity index (χ1n) is 5.27. The van der Waals surface area contributed by atoms with Gasteiger partial charge in [0.05, 0.1) is 20.1 Å². The van der Waals surface area contributed by atoms with E-state index in [4.69, 9.17) is 52.1 Å². The lowest BCUT2D eigenvalue weighted by Crippen LogP contribution is -1.86. The molecule has 0 saturated heterocycles. The smallest absolute Gasteiger partial charge is 0.0612 e. The molecule has 0 heterocycles. The van der Waals surface area contributed by atoms with Crippen molar-refractivity contribution in [2.45, 2.75) is 0 Å². The van der Waals surface area contributed by atoms with Crippen molar-refractivity contribution in [2.24, 2.45) is 0 Å². The average Bonchev–Trinajstić information content (AvgIpc) is 2.38. The second-order valence-electron chi connectivity index (χ2n) is 3.55. The van der Waals surface area contributed by atoms with Crippen LogP contribution in [0.2, 0.25) is 20.1 Å². The summed E-state index contributed by atoms with van der Waals surface area (Å²) in [5, 5.41) is 5.14. The molecule has 3 N–H and O–H groups in total. The number of halogens is 4. The van der Waals surface area contributed by atoms with Crippen LogP contribution >= 0.6 is 46.4 Å². The summed E-state index contributed by atoms with van der Waals surface area (Å²) in [5.74, 6) is 0. The van der Waals surface area contributed by atoms with Crippen molar-refractivity contribution in [3.05, 3.63) is 56.5 Å². The number of anilines is 2. The van der Waals surface area contributed by atoms with E-state index in [0.29, 0.717) is 25.8 Å². The zero-order valence-electron chi connectivity index (χ0n) is 10.1. The lowest BCUT2D eigenvalue weighted by molar-refractivity contribution is 1.51. The molecular weight excluding hydrogens is 326 g/mol. The summed E-state index contributed by atoms with van der Waals surface area (Å²) in [6, 6.07) is 10.4. The van der Waals surface area contributed by atoms with E-state index in [-0.39, 0.29) is 0 Å². The lowest BCUT2D eigenvalue weighted by Gasteiger charge is -2.00. The zero-order valence-corrected chi connectivity index (χ0v) is 13.1. The van der Waals surface area contributed by atoms with Gasteiger partial charge in [0.1, 0.15) is 0 Å². The maximum atomic E-state index is 5.72. The normalized spacial score (nSPS) is 9.53. The van der Waals surface area contributed by atoms with Crippen LogP contribution < -0.4 is 11.1 Å². The topological polar surface area (TPSA) is 38.0 Å². The van der Waals surface area contributed by atoms with Crippen molar-refractivity contribution in [3.63, 3.8) is 0 Å². The van der Waals surface area contributed by atoms with Gasteiger partial charge in [-0.3, -0.25) is 0 Å². The van der Waals surface area contributed by atoms with Crippen LogP contribution in [-0.2, 0) is 0 Å². The van der Waals surface area contributed by atoms with Crippen LogP contribution in [0.4, 0.5) is 11.4 Å². The summed E-state index contributed by atoms with van der Waals surface area (Å²) in [7, 11) is 1.83. The van der Waals surface area contributed by atoms with E-state index in [1.165, 1.54) is 0 Å². The number of hydrogen-bond acceptors (Lipinski definition) is 2. The van der Waals surface area contributed by atoms with Crippen molar-refractivity contribution in [1.82, 2.24) is 0 Å². The Bertz CT molecular complexity index is 558. The molecule has 0 fully saturated rings. The Hall–Kier alpha value is -0.800. The molecule has 2 rings (SSSR count). The molecule has 0 aliphatic heterocycles. The van der Waals surface area contributed by atoms with Gasteiger partial charge in [-0.2, -0.15) is 0 Å². The Morgan fingerprint density at radius 3 is 1.74 bits per heavy atom. The highest BCUT2D eigenvalue weighted by Gasteiger charge is 1.96. The van der Waals surface area contributed by atoms with Gasteiger partial charge in [-0.1, -0.05) is 46.4 Å². The molecule has 0 bridgehead atoms. The first kappa shape index (κ1) is 16.3. The fraction of sp³-hybridized carbons (Fsp3) is 0.0769. The van der Waals surface area contributed by atoms with E-state index in [9.17, 15) is 0 Å². The van der Waals surface area contributed by atoms with E-state index < -0.39 is 0 Å². The molecular formula is C13H12Cl4N2. The number of nitrogen functional groups attached to an aromatic ring is 1.